The fraction of sp³-hybridized carbons (Fsp3) is 0.462. The number of nitro benzene ring substituents is 1. The first-order valence-corrected chi connectivity index (χ1v) is 6.05. The van der Waals surface area contributed by atoms with E-state index in [0.29, 0.717) is 5.56 Å². The Morgan fingerprint density at radius 1 is 1.42 bits per heavy atom. The first kappa shape index (κ1) is 15.1. The Hall–Kier alpha value is -1.95. The first-order valence-electron chi connectivity index (χ1n) is 6.05. The summed E-state index contributed by atoms with van der Waals surface area (Å²) in [5.41, 5.74) is 0.698. The molecule has 6 heteroatoms. The SMILES string of the molecule is CC(C)OCC(=O)NC(C)c1cccc([N+](=O)[O-])c1. The maximum atomic E-state index is 11.6. The van der Waals surface area contributed by atoms with E-state index in [9.17, 15) is 14.9 Å². The van der Waals surface area contributed by atoms with Crippen LogP contribution in [-0.4, -0.2) is 23.5 Å². The van der Waals surface area contributed by atoms with E-state index >= 15 is 0 Å². The fourth-order valence-corrected chi connectivity index (χ4v) is 1.52. The van der Waals surface area contributed by atoms with E-state index in [1.54, 1.807) is 19.1 Å². The molecule has 0 aliphatic carbocycles. The molecule has 0 aliphatic rings. The summed E-state index contributed by atoms with van der Waals surface area (Å²) in [5.74, 6) is -0.243. The lowest BCUT2D eigenvalue weighted by Crippen LogP contribution is -2.31. The lowest BCUT2D eigenvalue weighted by Gasteiger charge is -2.15. The molecule has 0 saturated heterocycles. The molecule has 0 heterocycles. The number of carbonyl (C=O) groups excluding carboxylic acids is 1. The van der Waals surface area contributed by atoms with Gasteiger partial charge >= 0.3 is 0 Å². The van der Waals surface area contributed by atoms with Gasteiger partial charge in [0.25, 0.3) is 5.69 Å². The quantitative estimate of drug-likeness (QED) is 0.632. The number of hydrogen-bond acceptors (Lipinski definition) is 4. The second kappa shape index (κ2) is 6.84. The van der Waals surface area contributed by atoms with E-state index in [1.807, 2.05) is 13.8 Å². The zero-order valence-corrected chi connectivity index (χ0v) is 11.3. The topological polar surface area (TPSA) is 81.5 Å². The van der Waals surface area contributed by atoms with Gasteiger partial charge in [-0.15, -0.1) is 0 Å². The standard InChI is InChI=1S/C13H18N2O4/c1-9(2)19-8-13(16)14-10(3)11-5-4-6-12(7-11)15(17)18/h4-7,9-10H,8H2,1-3H3,(H,14,16). The van der Waals surface area contributed by atoms with Crippen LogP contribution in [0, 0.1) is 10.1 Å². The highest BCUT2D eigenvalue weighted by molar-refractivity contribution is 5.77. The highest BCUT2D eigenvalue weighted by atomic mass is 16.6. The lowest BCUT2D eigenvalue weighted by molar-refractivity contribution is -0.384. The highest BCUT2D eigenvalue weighted by Gasteiger charge is 2.13. The Labute approximate surface area is 111 Å². The minimum atomic E-state index is -0.458. The molecule has 1 atom stereocenters. The molecule has 1 N–H and O–H groups in total. The third-order valence-electron chi connectivity index (χ3n) is 2.51. The lowest BCUT2D eigenvalue weighted by atomic mass is 10.1. The summed E-state index contributed by atoms with van der Waals surface area (Å²) in [6, 6.07) is 5.90. The van der Waals surface area contributed by atoms with Crippen molar-refractivity contribution in [1.82, 2.24) is 5.32 Å². The average Bonchev–Trinajstić information content (AvgIpc) is 2.36. The number of non-ortho nitro benzene ring substituents is 1. The number of nitrogens with zero attached hydrogens (tertiary/aromatic N) is 1. The third-order valence-corrected chi connectivity index (χ3v) is 2.51. The summed E-state index contributed by atoms with van der Waals surface area (Å²) in [6.07, 6.45) is -0.0149. The molecule has 0 saturated carbocycles. The van der Waals surface area contributed by atoms with E-state index in [0.717, 1.165) is 0 Å². The van der Waals surface area contributed by atoms with Crippen LogP contribution in [0.3, 0.4) is 0 Å². The number of hydrogen-bond donors (Lipinski definition) is 1. The van der Waals surface area contributed by atoms with Crippen LogP contribution in [0.1, 0.15) is 32.4 Å². The number of benzene rings is 1. The zero-order chi connectivity index (χ0) is 14.4. The van der Waals surface area contributed by atoms with Crippen LogP contribution in [0.25, 0.3) is 0 Å². The van der Waals surface area contributed by atoms with Crippen molar-refractivity contribution in [2.45, 2.75) is 32.9 Å². The molecule has 1 aromatic carbocycles. The molecule has 0 radical (unpaired) electrons. The smallest absolute Gasteiger partial charge is 0.269 e. The molecule has 0 bridgehead atoms. The molecule has 1 rings (SSSR count). The van der Waals surface area contributed by atoms with Gasteiger partial charge in [-0.05, 0) is 26.3 Å². The number of nitrogens with one attached hydrogen (secondary N) is 1. The number of nitro groups is 1. The van der Waals surface area contributed by atoms with Gasteiger partial charge in [0, 0.05) is 12.1 Å². The van der Waals surface area contributed by atoms with Crippen molar-refractivity contribution in [3.8, 4) is 0 Å². The van der Waals surface area contributed by atoms with Crippen LogP contribution < -0.4 is 5.32 Å². The predicted molar refractivity (Wildman–Crippen MR) is 70.7 cm³/mol. The van der Waals surface area contributed by atoms with E-state index in [2.05, 4.69) is 5.32 Å². The Kier molecular flexibility index (Phi) is 5.44. The molecule has 1 amide bonds. The normalized spacial score (nSPS) is 12.2. The van der Waals surface area contributed by atoms with Crippen LogP contribution in [0.15, 0.2) is 24.3 Å². The third kappa shape index (κ3) is 5.05. The van der Waals surface area contributed by atoms with Crippen LogP contribution in [0.4, 0.5) is 5.69 Å². The molecule has 1 aromatic rings. The second-order valence-corrected chi connectivity index (χ2v) is 4.50. The molecule has 6 nitrogen and oxygen atoms in total. The van der Waals surface area contributed by atoms with E-state index in [4.69, 9.17) is 4.74 Å². The molecule has 19 heavy (non-hydrogen) atoms. The van der Waals surface area contributed by atoms with Gasteiger partial charge in [-0.3, -0.25) is 14.9 Å². The summed E-state index contributed by atoms with van der Waals surface area (Å²) >= 11 is 0. The number of ether oxygens (including phenoxy) is 1. The maximum Gasteiger partial charge on any atom is 0.269 e. The molecule has 0 aliphatic heterocycles. The van der Waals surface area contributed by atoms with Crippen molar-refractivity contribution >= 4 is 11.6 Å². The Balaban J connectivity index is 2.62. The molecule has 0 aromatic heterocycles. The summed E-state index contributed by atoms with van der Waals surface area (Å²) in [6.45, 7) is 5.44. The monoisotopic (exact) mass is 266 g/mol. The Morgan fingerprint density at radius 3 is 2.68 bits per heavy atom. The van der Waals surface area contributed by atoms with Gasteiger partial charge in [-0.25, -0.2) is 0 Å². The largest absolute Gasteiger partial charge is 0.369 e. The van der Waals surface area contributed by atoms with E-state index in [1.165, 1.54) is 12.1 Å². The maximum absolute atomic E-state index is 11.6. The van der Waals surface area contributed by atoms with Gasteiger partial charge in [0.1, 0.15) is 6.61 Å². The van der Waals surface area contributed by atoms with E-state index < -0.39 is 4.92 Å². The van der Waals surface area contributed by atoms with Gasteiger partial charge in [0.15, 0.2) is 0 Å². The minimum Gasteiger partial charge on any atom is -0.369 e. The molecular formula is C13H18N2O4. The molecule has 104 valence electrons. The Morgan fingerprint density at radius 2 is 2.11 bits per heavy atom. The molecule has 1 unspecified atom stereocenters. The Bertz CT molecular complexity index is 460. The van der Waals surface area contributed by atoms with Gasteiger partial charge in [-0.1, -0.05) is 12.1 Å². The van der Waals surface area contributed by atoms with E-state index in [-0.39, 0.29) is 30.3 Å². The summed E-state index contributed by atoms with van der Waals surface area (Å²) in [5, 5.41) is 13.4. The molecular weight excluding hydrogens is 248 g/mol. The first-order chi connectivity index (χ1) is 8.90. The van der Waals surface area contributed by atoms with Crippen molar-refractivity contribution in [3.05, 3.63) is 39.9 Å². The number of carbonyl (C=O) groups is 1. The van der Waals surface area contributed by atoms with Crippen LogP contribution in [0.2, 0.25) is 0 Å². The summed E-state index contributed by atoms with van der Waals surface area (Å²) in [4.78, 5) is 21.8. The van der Waals surface area contributed by atoms with Gasteiger partial charge < -0.3 is 10.1 Å². The van der Waals surface area contributed by atoms with Crippen molar-refractivity contribution in [2.24, 2.45) is 0 Å². The average molecular weight is 266 g/mol. The molecule has 0 spiro atoms. The van der Waals surface area contributed by atoms with Gasteiger partial charge in [-0.2, -0.15) is 0 Å². The molecule has 0 fully saturated rings. The van der Waals surface area contributed by atoms with Gasteiger partial charge in [0.05, 0.1) is 17.1 Å². The highest BCUT2D eigenvalue weighted by Crippen LogP contribution is 2.18. The zero-order valence-electron chi connectivity index (χ0n) is 11.3. The summed E-state index contributed by atoms with van der Waals surface area (Å²) < 4.78 is 5.18. The van der Waals surface area contributed by atoms with Crippen molar-refractivity contribution < 1.29 is 14.5 Å². The summed E-state index contributed by atoms with van der Waals surface area (Å²) in [7, 11) is 0. The fourth-order valence-electron chi connectivity index (χ4n) is 1.52. The van der Waals surface area contributed by atoms with Crippen molar-refractivity contribution in [3.63, 3.8) is 0 Å². The second-order valence-electron chi connectivity index (χ2n) is 4.50. The van der Waals surface area contributed by atoms with Crippen LogP contribution in [0.5, 0.6) is 0 Å². The van der Waals surface area contributed by atoms with Crippen molar-refractivity contribution in [1.29, 1.82) is 0 Å². The minimum absolute atomic E-state index is 0.0111. The van der Waals surface area contributed by atoms with Crippen LogP contribution >= 0.6 is 0 Å². The van der Waals surface area contributed by atoms with Crippen LogP contribution in [-0.2, 0) is 9.53 Å². The van der Waals surface area contributed by atoms with Crippen molar-refractivity contribution in [2.75, 3.05) is 6.61 Å². The number of rotatable bonds is 6. The predicted octanol–water partition coefficient (Wildman–Crippen LogP) is 2.20. The van der Waals surface area contributed by atoms with Gasteiger partial charge in [0.2, 0.25) is 5.91 Å². The number of amides is 1.